The number of aryl methyl sites for hydroxylation is 2. The summed E-state index contributed by atoms with van der Waals surface area (Å²) in [6.07, 6.45) is 0.996. The van der Waals surface area contributed by atoms with E-state index in [9.17, 15) is 0 Å². The lowest BCUT2D eigenvalue weighted by molar-refractivity contribution is 0.364. The summed E-state index contributed by atoms with van der Waals surface area (Å²) in [7, 11) is 0. The Balaban J connectivity index is 2.91. The first-order chi connectivity index (χ1) is 8.28. The summed E-state index contributed by atoms with van der Waals surface area (Å²) in [5, 5.41) is 3.63. The largest absolute Gasteiger partial charge is 0.330 e. The molecule has 0 aliphatic heterocycles. The topological polar surface area (TPSA) is 38.0 Å². The molecule has 0 unspecified atom stereocenters. The fourth-order valence-corrected chi connectivity index (χ4v) is 2.34. The molecule has 0 radical (unpaired) electrons. The molecule has 102 valence electrons. The molecule has 0 atom stereocenters. The molecule has 0 aromatic heterocycles. The van der Waals surface area contributed by atoms with Crippen molar-refractivity contribution in [2.75, 3.05) is 6.54 Å². The second kappa shape index (κ2) is 5.85. The molecule has 0 bridgehead atoms. The number of hydrogen-bond acceptors (Lipinski definition) is 2. The monoisotopic (exact) mass is 248 g/mol. The molecule has 0 aliphatic rings. The number of hydrogen-bond donors (Lipinski definition) is 2. The molecule has 2 nitrogen and oxygen atoms in total. The minimum absolute atomic E-state index is 0.102. The van der Waals surface area contributed by atoms with Gasteiger partial charge in [-0.3, -0.25) is 0 Å². The van der Waals surface area contributed by atoms with Crippen LogP contribution in [0.15, 0.2) is 6.07 Å². The molecule has 0 fully saturated rings. The second-order valence-electron chi connectivity index (χ2n) is 6.02. The van der Waals surface area contributed by atoms with E-state index in [4.69, 9.17) is 5.73 Å². The quantitative estimate of drug-likeness (QED) is 0.840. The highest BCUT2D eigenvalue weighted by Crippen LogP contribution is 2.22. The van der Waals surface area contributed by atoms with Crippen molar-refractivity contribution in [3.8, 4) is 0 Å². The third-order valence-corrected chi connectivity index (χ3v) is 4.03. The number of rotatable bonds is 5. The first-order valence-electron chi connectivity index (χ1n) is 6.80. The average Bonchev–Trinajstić information content (AvgIpc) is 2.26. The Morgan fingerprint density at radius 1 is 1.06 bits per heavy atom. The Morgan fingerprint density at radius 3 is 2.00 bits per heavy atom. The van der Waals surface area contributed by atoms with Gasteiger partial charge in [0.2, 0.25) is 0 Å². The maximum Gasteiger partial charge on any atom is 0.0215 e. The van der Waals surface area contributed by atoms with E-state index in [0.29, 0.717) is 0 Å². The van der Waals surface area contributed by atoms with Crippen molar-refractivity contribution >= 4 is 0 Å². The van der Waals surface area contributed by atoms with Gasteiger partial charge in [0, 0.05) is 12.1 Å². The molecule has 1 aromatic carbocycles. The molecule has 18 heavy (non-hydrogen) atoms. The van der Waals surface area contributed by atoms with E-state index in [1.165, 1.54) is 27.8 Å². The molecule has 0 aliphatic carbocycles. The average molecular weight is 248 g/mol. The highest BCUT2D eigenvalue weighted by molar-refractivity contribution is 5.43. The van der Waals surface area contributed by atoms with E-state index in [1.54, 1.807) is 0 Å². The molecule has 0 spiro atoms. The van der Waals surface area contributed by atoms with Crippen LogP contribution in [0.2, 0.25) is 0 Å². The van der Waals surface area contributed by atoms with E-state index in [-0.39, 0.29) is 5.54 Å². The van der Waals surface area contributed by atoms with Crippen LogP contribution < -0.4 is 11.1 Å². The summed E-state index contributed by atoms with van der Waals surface area (Å²) in [5.74, 6) is 0. The third-order valence-electron chi connectivity index (χ3n) is 4.03. The van der Waals surface area contributed by atoms with Gasteiger partial charge in [0.25, 0.3) is 0 Å². The van der Waals surface area contributed by atoms with Crippen molar-refractivity contribution in [1.82, 2.24) is 5.32 Å². The fourth-order valence-electron chi connectivity index (χ4n) is 2.34. The van der Waals surface area contributed by atoms with Gasteiger partial charge in [-0.15, -0.1) is 0 Å². The summed E-state index contributed by atoms with van der Waals surface area (Å²) < 4.78 is 0. The number of benzene rings is 1. The summed E-state index contributed by atoms with van der Waals surface area (Å²) in [6.45, 7) is 14.9. The Bertz CT molecular complexity index is 393. The highest BCUT2D eigenvalue weighted by atomic mass is 15.0. The van der Waals surface area contributed by atoms with Gasteiger partial charge in [-0.05, 0) is 82.3 Å². The molecular weight excluding hydrogens is 220 g/mol. The zero-order valence-electron chi connectivity index (χ0n) is 12.8. The number of nitrogens with one attached hydrogen (secondary N) is 1. The van der Waals surface area contributed by atoms with Crippen LogP contribution in [0, 0.1) is 27.7 Å². The fraction of sp³-hybridized carbons (Fsp3) is 0.625. The summed E-state index contributed by atoms with van der Waals surface area (Å²) in [4.78, 5) is 0. The number of nitrogens with two attached hydrogens (primary N) is 1. The van der Waals surface area contributed by atoms with E-state index in [2.05, 4.69) is 52.9 Å². The lowest BCUT2D eigenvalue weighted by atomic mass is 9.93. The molecule has 1 aromatic rings. The Labute approximate surface area is 112 Å². The van der Waals surface area contributed by atoms with E-state index in [0.717, 1.165) is 19.5 Å². The molecular formula is C16H28N2. The molecule has 0 amide bonds. The van der Waals surface area contributed by atoms with E-state index < -0.39 is 0 Å². The predicted octanol–water partition coefficient (Wildman–Crippen LogP) is 3.14. The molecule has 0 saturated heterocycles. The minimum atomic E-state index is 0.102. The highest BCUT2D eigenvalue weighted by Gasteiger charge is 2.17. The van der Waals surface area contributed by atoms with Crippen LogP contribution in [0.25, 0.3) is 0 Å². The normalized spacial score (nSPS) is 11.9. The van der Waals surface area contributed by atoms with Gasteiger partial charge >= 0.3 is 0 Å². The van der Waals surface area contributed by atoms with Crippen LogP contribution >= 0.6 is 0 Å². The first-order valence-corrected chi connectivity index (χ1v) is 6.80. The lowest BCUT2D eigenvalue weighted by Crippen LogP contribution is -2.40. The van der Waals surface area contributed by atoms with Crippen molar-refractivity contribution < 1.29 is 0 Å². The van der Waals surface area contributed by atoms with Gasteiger partial charge in [-0.1, -0.05) is 6.07 Å². The summed E-state index contributed by atoms with van der Waals surface area (Å²) >= 11 is 0. The van der Waals surface area contributed by atoms with Crippen molar-refractivity contribution in [1.29, 1.82) is 0 Å². The van der Waals surface area contributed by atoms with Gasteiger partial charge in [0.05, 0.1) is 0 Å². The standard InChI is InChI=1S/C16H28N2/c1-11-9-12(2)14(4)15(13(11)3)10-18-16(5,6)7-8-17/h9,18H,7-8,10,17H2,1-6H3. The SMILES string of the molecule is Cc1cc(C)c(C)c(CNC(C)(C)CCN)c1C. The summed E-state index contributed by atoms with van der Waals surface area (Å²) in [6, 6.07) is 2.28. The molecule has 0 heterocycles. The maximum atomic E-state index is 5.65. The first kappa shape index (κ1) is 15.2. The van der Waals surface area contributed by atoms with Crippen molar-refractivity contribution in [3.05, 3.63) is 33.9 Å². The van der Waals surface area contributed by atoms with Crippen LogP contribution in [0.1, 0.15) is 48.1 Å². The lowest BCUT2D eigenvalue weighted by Gasteiger charge is -2.27. The van der Waals surface area contributed by atoms with Gasteiger partial charge in [-0.25, -0.2) is 0 Å². The molecule has 0 saturated carbocycles. The zero-order chi connectivity index (χ0) is 13.9. The van der Waals surface area contributed by atoms with Gasteiger partial charge in [-0.2, -0.15) is 0 Å². The van der Waals surface area contributed by atoms with Crippen LogP contribution in [0.3, 0.4) is 0 Å². The van der Waals surface area contributed by atoms with Gasteiger partial charge < -0.3 is 11.1 Å². The molecule has 2 heteroatoms. The van der Waals surface area contributed by atoms with Crippen molar-refractivity contribution in [2.45, 2.75) is 60.0 Å². The zero-order valence-corrected chi connectivity index (χ0v) is 12.8. The van der Waals surface area contributed by atoms with Crippen molar-refractivity contribution in [3.63, 3.8) is 0 Å². The Kier molecular flexibility index (Phi) is 4.94. The summed E-state index contributed by atoms with van der Waals surface area (Å²) in [5.41, 5.74) is 12.8. The Morgan fingerprint density at radius 2 is 1.56 bits per heavy atom. The van der Waals surface area contributed by atoms with E-state index in [1.807, 2.05) is 0 Å². The maximum absolute atomic E-state index is 5.65. The van der Waals surface area contributed by atoms with Crippen LogP contribution in [0.4, 0.5) is 0 Å². The molecule has 3 N–H and O–H groups in total. The van der Waals surface area contributed by atoms with Crippen LogP contribution in [-0.4, -0.2) is 12.1 Å². The van der Waals surface area contributed by atoms with Gasteiger partial charge in [0.15, 0.2) is 0 Å². The minimum Gasteiger partial charge on any atom is -0.330 e. The van der Waals surface area contributed by atoms with Crippen LogP contribution in [-0.2, 0) is 6.54 Å². The smallest absolute Gasteiger partial charge is 0.0215 e. The molecule has 1 rings (SSSR count). The van der Waals surface area contributed by atoms with E-state index >= 15 is 0 Å². The Hall–Kier alpha value is -0.860. The van der Waals surface area contributed by atoms with Gasteiger partial charge in [0.1, 0.15) is 0 Å². The third kappa shape index (κ3) is 3.56. The second-order valence-corrected chi connectivity index (χ2v) is 6.02. The predicted molar refractivity (Wildman–Crippen MR) is 80.0 cm³/mol. The van der Waals surface area contributed by atoms with Crippen molar-refractivity contribution in [2.24, 2.45) is 5.73 Å². The van der Waals surface area contributed by atoms with Crippen LogP contribution in [0.5, 0.6) is 0 Å².